The normalized spacial score (nSPS) is 10.9. The largest absolute Gasteiger partial charge is 0.380 e. The number of amides is 1. The van der Waals surface area contributed by atoms with Crippen molar-refractivity contribution in [1.82, 2.24) is 15.2 Å². The molecule has 0 bridgehead atoms. The van der Waals surface area contributed by atoms with Crippen LogP contribution in [0.3, 0.4) is 0 Å². The van der Waals surface area contributed by atoms with E-state index < -0.39 is 0 Å². The van der Waals surface area contributed by atoms with E-state index in [1.807, 2.05) is 32.0 Å². The van der Waals surface area contributed by atoms with Gasteiger partial charge in [0.25, 0.3) is 5.91 Å². The fourth-order valence-electron chi connectivity index (χ4n) is 1.78. The maximum atomic E-state index is 12.2. The molecule has 1 aromatic heterocycles. The van der Waals surface area contributed by atoms with Crippen molar-refractivity contribution in [3.8, 4) is 0 Å². The number of hydrogen-bond acceptors (Lipinski definition) is 4. The number of nitrogens with one attached hydrogen (secondary N) is 2. The number of rotatable bonds is 5. The van der Waals surface area contributed by atoms with Gasteiger partial charge in [0.05, 0.1) is 6.61 Å². The van der Waals surface area contributed by atoms with Gasteiger partial charge in [-0.25, -0.2) is 4.98 Å². The first-order valence-corrected chi connectivity index (χ1v) is 7.32. The number of carbonyl (C=O) groups is 1. The average molecular weight is 353 g/mol. The van der Waals surface area contributed by atoms with Gasteiger partial charge < -0.3 is 10.1 Å². The molecule has 7 heteroatoms. The Morgan fingerprint density at radius 3 is 2.86 bits per heavy atom. The lowest BCUT2D eigenvalue weighted by Crippen LogP contribution is -2.15. The van der Waals surface area contributed by atoms with E-state index in [2.05, 4.69) is 36.4 Å². The van der Waals surface area contributed by atoms with Crippen LogP contribution in [0.2, 0.25) is 0 Å². The molecule has 0 aliphatic rings. The van der Waals surface area contributed by atoms with E-state index >= 15 is 0 Å². The van der Waals surface area contributed by atoms with Crippen LogP contribution in [0.15, 0.2) is 22.7 Å². The second kappa shape index (κ2) is 6.82. The van der Waals surface area contributed by atoms with Crippen molar-refractivity contribution in [2.75, 3.05) is 12.4 Å². The van der Waals surface area contributed by atoms with Crippen LogP contribution in [0.5, 0.6) is 0 Å². The summed E-state index contributed by atoms with van der Waals surface area (Å²) >= 11 is 3.45. The minimum Gasteiger partial charge on any atom is -0.380 e. The number of H-pyrrole nitrogens is 1. The van der Waals surface area contributed by atoms with Gasteiger partial charge in [-0.2, -0.15) is 0 Å². The molecule has 1 amide bonds. The molecule has 1 heterocycles. The maximum absolute atomic E-state index is 12.2. The molecule has 21 heavy (non-hydrogen) atoms. The number of carbonyl (C=O) groups excluding carboxylic acids is 1. The Labute approximate surface area is 131 Å². The van der Waals surface area contributed by atoms with Crippen LogP contribution in [0.1, 0.15) is 41.8 Å². The summed E-state index contributed by atoms with van der Waals surface area (Å²) in [6.07, 6.45) is 0. The van der Waals surface area contributed by atoms with Gasteiger partial charge in [-0.05, 0) is 12.1 Å². The van der Waals surface area contributed by atoms with Crippen LogP contribution >= 0.6 is 15.9 Å². The van der Waals surface area contributed by atoms with Crippen molar-refractivity contribution in [3.63, 3.8) is 0 Å². The lowest BCUT2D eigenvalue weighted by Gasteiger charge is -2.11. The van der Waals surface area contributed by atoms with Gasteiger partial charge in [0.2, 0.25) is 5.82 Å². The van der Waals surface area contributed by atoms with Crippen molar-refractivity contribution in [1.29, 1.82) is 0 Å². The molecule has 2 rings (SSSR count). The second-order valence-corrected chi connectivity index (χ2v) is 5.71. The Kier molecular flexibility index (Phi) is 5.08. The van der Waals surface area contributed by atoms with Crippen LogP contribution in [0.25, 0.3) is 0 Å². The highest BCUT2D eigenvalue weighted by molar-refractivity contribution is 9.10. The summed E-state index contributed by atoms with van der Waals surface area (Å²) < 4.78 is 6.03. The highest BCUT2D eigenvalue weighted by Gasteiger charge is 2.16. The zero-order valence-corrected chi connectivity index (χ0v) is 13.7. The van der Waals surface area contributed by atoms with E-state index in [-0.39, 0.29) is 17.6 Å². The van der Waals surface area contributed by atoms with Gasteiger partial charge in [-0.1, -0.05) is 35.8 Å². The predicted molar refractivity (Wildman–Crippen MR) is 83.3 cm³/mol. The molecule has 0 atom stereocenters. The monoisotopic (exact) mass is 352 g/mol. The molecule has 0 fully saturated rings. The van der Waals surface area contributed by atoms with E-state index in [4.69, 9.17) is 4.74 Å². The maximum Gasteiger partial charge on any atom is 0.295 e. The smallest absolute Gasteiger partial charge is 0.295 e. The number of benzene rings is 1. The molecule has 0 saturated heterocycles. The first-order valence-electron chi connectivity index (χ1n) is 6.53. The van der Waals surface area contributed by atoms with Crippen molar-refractivity contribution in [3.05, 3.63) is 39.9 Å². The van der Waals surface area contributed by atoms with Crippen molar-refractivity contribution >= 4 is 27.5 Å². The number of nitrogens with zero attached hydrogens (tertiary/aromatic N) is 2. The summed E-state index contributed by atoms with van der Waals surface area (Å²) in [5.74, 6) is 0.649. The van der Waals surface area contributed by atoms with Gasteiger partial charge in [-0.3, -0.25) is 9.89 Å². The molecule has 0 radical (unpaired) electrons. The molecule has 0 unspecified atom stereocenters. The summed E-state index contributed by atoms with van der Waals surface area (Å²) in [6, 6.07) is 5.55. The first-order chi connectivity index (χ1) is 10.0. The molecule has 2 aromatic rings. The number of halogens is 1. The molecule has 0 saturated carbocycles. The van der Waals surface area contributed by atoms with Crippen molar-refractivity contribution in [2.45, 2.75) is 26.4 Å². The summed E-state index contributed by atoms with van der Waals surface area (Å²) in [6.45, 7) is 4.35. The molecule has 0 aliphatic heterocycles. The fourth-order valence-corrected chi connectivity index (χ4v) is 2.26. The number of aromatic amines is 1. The van der Waals surface area contributed by atoms with Crippen LogP contribution in [0, 0.1) is 0 Å². The lowest BCUT2D eigenvalue weighted by molar-refractivity contribution is 0.101. The SMILES string of the molecule is COCc1c(Br)cccc1NC(=O)c1n[nH]c(C(C)C)n1. The Bertz CT molecular complexity index is 640. The zero-order valence-electron chi connectivity index (χ0n) is 12.1. The van der Waals surface area contributed by atoms with Crippen LogP contribution in [-0.2, 0) is 11.3 Å². The molecular weight excluding hydrogens is 336 g/mol. The number of methoxy groups -OCH3 is 1. The first kappa shape index (κ1) is 15.7. The molecular formula is C14H17BrN4O2. The minimum atomic E-state index is -0.353. The van der Waals surface area contributed by atoms with Crippen LogP contribution in [0.4, 0.5) is 5.69 Å². The van der Waals surface area contributed by atoms with Gasteiger partial charge in [0.1, 0.15) is 5.82 Å². The molecule has 1 aromatic carbocycles. The van der Waals surface area contributed by atoms with Gasteiger partial charge in [-0.15, -0.1) is 5.10 Å². The number of anilines is 1. The third kappa shape index (κ3) is 3.68. The third-order valence-electron chi connectivity index (χ3n) is 2.91. The predicted octanol–water partition coefficient (Wildman–Crippen LogP) is 3.09. The Balaban J connectivity index is 2.21. The number of hydrogen-bond donors (Lipinski definition) is 2. The standard InChI is InChI=1S/C14H17BrN4O2/c1-8(2)12-17-13(19-18-12)14(20)16-11-6-4-5-10(15)9(11)7-21-3/h4-6,8H,7H2,1-3H3,(H,16,20)(H,17,18,19). The molecule has 0 aliphatic carbocycles. The average Bonchev–Trinajstić information content (AvgIpc) is 2.92. The van der Waals surface area contributed by atoms with E-state index in [1.54, 1.807) is 7.11 Å². The second-order valence-electron chi connectivity index (χ2n) is 4.85. The molecule has 112 valence electrons. The van der Waals surface area contributed by atoms with E-state index in [0.717, 1.165) is 10.0 Å². The highest BCUT2D eigenvalue weighted by atomic mass is 79.9. The Morgan fingerprint density at radius 1 is 1.48 bits per heavy atom. The van der Waals surface area contributed by atoms with E-state index in [1.165, 1.54) is 0 Å². The van der Waals surface area contributed by atoms with E-state index in [9.17, 15) is 4.79 Å². The summed E-state index contributed by atoms with van der Waals surface area (Å²) in [4.78, 5) is 16.4. The zero-order chi connectivity index (χ0) is 15.4. The van der Waals surface area contributed by atoms with Gasteiger partial charge in [0.15, 0.2) is 0 Å². The minimum absolute atomic E-state index is 0.127. The summed E-state index contributed by atoms with van der Waals surface area (Å²) in [5.41, 5.74) is 1.54. The van der Waals surface area contributed by atoms with E-state index in [0.29, 0.717) is 18.1 Å². The van der Waals surface area contributed by atoms with Gasteiger partial charge >= 0.3 is 0 Å². The quantitative estimate of drug-likeness (QED) is 0.866. The number of aromatic nitrogens is 3. The topological polar surface area (TPSA) is 79.9 Å². The summed E-state index contributed by atoms with van der Waals surface area (Å²) in [5, 5.41) is 9.52. The van der Waals surface area contributed by atoms with Gasteiger partial charge in [0, 0.05) is 28.8 Å². The molecule has 0 spiro atoms. The Hall–Kier alpha value is -1.73. The summed E-state index contributed by atoms with van der Waals surface area (Å²) in [7, 11) is 1.61. The molecule has 2 N–H and O–H groups in total. The Morgan fingerprint density at radius 2 is 2.24 bits per heavy atom. The highest BCUT2D eigenvalue weighted by Crippen LogP contribution is 2.25. The van der Waals surface area contributed by atoms with Crippen molar-refractivity contribution < 1.29 is 9.53 Å². The third-order valence-corrected chi connectivity index (χ3v) is 3.65. The number of ether oxygens (including phenoxy) is 1. The lowest BCUT2D eigenvalue weighted by atomic mass is 10.2. The molecule has 6 nitrogen and oxygen atoms in total. The van der Waals surface area contributed by atoms with Crippen molar-refractivity contribution in [2.24, 2.45) is 0 Å². The van der Waals surface area contributed by atoms with Crippen LogP contribution in [-0.4, -0.2) is 28.2 Å². The van der Waals surface area contributed by atoms with Crippen LogP contribution < -0.4 is 5.32 Å². The fraction of sp³-hybridized carbons (Fsp3) is 0.357.